The van der Waals surface area contributed by atoms with Gasteiger partial charge in [0.05, 0.1) is 0 Å². The molecule has 0 amide bonds. The third-order valence-corrected chi connectivity index (χ3v) is 5.67. The van der Waals surface area contributed by atoms with Crippen molar-refractivity contribution in [2.75, 3.05) is 6.61 Å². The maximum absolute atomic E-state index is 5.47. The van der Waals surface area contributed by atoms with Crippen molar-refractivity contribution in [1.29, 1.82) is 0 Å². The fraction of sp³-hybridized carbons (Fsp3) is 1.00. The average Bonchev–Trinajstić information content (AvgIpc) is 1.88. The van der Waals surface area contributed by atoms with E-state index in [0.29, 0.717) is 4.97 Å². The van der Waals surface area contributed by atoms with Crippen molar-refractivity contribution in [3.05, 3.63) is 0 Å². The van der Waals surface area contributed by atoms with Gasteiger partial charge in [0.1, 0.15) is 0 Å². The minimum atomic E-state index is 0.658. The van der Waals surface area contributed by atoms with Crippen molar-refractivity contribution >= 4 is 41.6 Å². The molecule has 2 unspecified atom stereocenters. The van der Waals surface area contributed by atoms with E-state index in [-0.39, 0.29) is 0 Å². The van der Waals surface area contributed by atoms with E-state index in [9.17, 15) is 0 Å². The smallest absolute Gasteiger partial charge is 0.303 e. The fourth-order valence-corrected chi connectivity index (χ4v) is 4.40. The molecule has 0 bridgehead atoms. The van der Waals surface area contributed by atoms with Gasteiger partial charge >= 0.3 is 15.2 Å². The normalized spacial score (nSPS) is 36.4. The van der Waals surface area contributed by atoms with Gasteiger partial charge < -0.3 is 4.74 Å². The van der Waals surface area contributed by atoms with Crippen LogP contribution >= 0.6 is 10.1 Å². The van der Waals surface area contributed by atoms with Crippen molar-refractivity contribution in [2.24, 2.45) is 0 Å². The van der Waals surface area contributed by atoms with Crippen molar-refractivity contribution in [3.63, 3.8) is 0 Å². The zero-order chi connectivity index (χ0) is 6.69. The van der Waals surface area contributed by atoms with Gasteiger partial charge in [0.15, 0.2) is 0 Å². The van der Waals surface area contributed by atoms with E-state index in [4.69, 9.17) is 4.74 Å². The molecule has 0 N–H and O–H groups in total. The van der Waals surface area contributed by atoms with Crippen LogP contribution in [0.15, 0.2) is 0 Å². The summed E-state index contributed by atoms with van der Waals surface area (Å²) in [7, 11) is 2.13. The van der Waals surface area contributed by atoms with Crippen LogP contribution in [0.1, 0.15) is 12.8 Å². The molecule has 50 valence electrons. The summed E-state index contributed by atoms with van der Waals surface area (Å²) < 4.78 is 5.47. The first-order valence-electron chi connectivity index (χ1n) is 3.47. The third-order valence-electron chi connectivity index (χ3n) is 1.77. The minimum Gasteiger partial charge on any atom is -0.394 e. The molecule has 0 aromatic carbocycles. The molecule has 0 aromatic heterocycles. The van der Waals surface area contributed by atoms with Gasteiger partial charge in [-0.3, -0.25) is 10.1 Å². The highest BCUT2D eigenvalue weighted by atomic mass is 32.3. The Kier molecular flexibility index (Phi) is 4.04. The monoisotopic (exact) mass is 174 g/mol. The Morgan fingerprint density at radius 3 is 2.78 bits per heavy atom. The molecule has 4 heteroatoms. The van der Waals surface area contributed by atoms with Crippen molar-refractivity contribution in [2.45, 2.75) is 23.1 Å². The second-order valence-electron chi connectivity index (χ2n) is 2.56. The van der Waals surface area contributed by atoms with Gasteiger partial charge in [-0.05, 0) is 23.1 Å². The molecule has 1 rings (SSSR count). The van der Waals surface area contributed by atoms with Gasteiger partial charge in [-0.1, -0.05) is 0 Å². The molecule has 1 aliphatic heterocycles. The van der Waals surface area contributed by atoms with Crippen LogP contribution in [-0.2, 0) is 4.74 Å². The van der Waals surface area contributed by atoms with Crippen molar-refractivity contribution in [3.8, 4) is 0 Å². The zero-order valence-corrected chi connectivity index (χ0v) is 10.9. The molecule has 0 radical (unpaired) electrons. The molecule has 1 nitrogen and oxygen atoms in total. The van der Waals surface area contributed by atoms with E-state index >= 15 is 0 Å². The van der Waals surface area contributed by atoms with Gasteiger partial charge in [0.2, 0.25) is 0 Å². The largest absolute Gasteiger partial charge is 0.394 e. The summed E-state index contributed by atoms with van der Waals surface area (Å²) in [5.74, 6) is 0. The molecule has 2 atom stereocenters. The minimum absolute atomic E-state index is 0.658. The molecular weight excluding hydrogens is 162 g/mol. The molecule has 0 saturated carbocycles. The van der Waals surface area contributed by atoms with Crippen molar-refractivity contribution < 1.29 is 4.74 Å². The average molecular weight is 174 g/mol. The van der Waals surface area contributed by atoms with Gasteiger partial charge in [-0.25, -0.2) is 0 Å². The zero-order valence-electron chi connectivity index (χ0n) is 6.09. The first-order chi connectivity index (χ1) is 4.33. The lowest BCUT2D eigenvalue weighted by atomic mass is 10.2. The first-order valence-corrected chi connectivity index (χ1v) is 8.36. The Morgan fingerprint density at radius 1 is 1.56 bits per heavy atom. The molecule has 1 saturated heterocycles. The quantitative estimate of drug-likeness (QED) is 0.491. The van der Waals surface area contributed by atoms with E-state index in [2.05, 4.69) is 10.1 Å². The second-order valence-corrected chi connectivity index (χ2v) is 6.40. The molecule has 0 spiro atoms. The van der Waals surface area contributed by atoms with Crippen LogP contribution in [0.25, 0.3) is 0 Å². The Balaban J connectivity index is 2.23. The number of ether oxygens (including phenoxy) is 1. The summed E-state index contributed by atoms with van der Waals surface area (Å²) in [5, 5.41) is 0.952. The Bertz CT molecular complexity index is 91.0. The summed E-state index contributed by atoms with van der Waals surface area (Å²) in [6.45, 7) is 1.02. The summed E-state index contributed by atoms with van der Waals surface area (Å²) in [6, 6.07) is 0. The summed E-state index contributed by atoms with van der Waals surface area (Å²) >= 11 is 2.52. The lowest BCUT2D eigenvalue weighted by molar-refractivity contribution is 0.0708. The van der Waals surface area contributed by atoms with E-state index in [0.717, 1.165) is 11.9 Å². The molecule has 0 aromatic rings. The van der Waals surface area contributed by atoms with Crippen LogP contribution in [0, 0.1) is 0 Å². The van der Waals surface area contributed by atoms with Crippen molar-refractivity contribution in [1.82, 2.24) is 0 Å². The maximum atomic E-state index is 5.47. The van der Waals surface area contributed by atoms with Crippen LogP contribution in [0.4, 0.5) is 0 Å². The predicted molar refractivity (Wildman–Crippen MR) is 47.4 cm³/mol. The topological polar surface area (TPSA) is 9.23 Å². The van der Waals surface area contributed by atoms with Crippen LogP contribution in [0.3, 0.4) is 0 Å². The number of rotatable bonds is 1. The summed E-state index contributed by atoms with van der Waals surface area (Å²) in [5.41, 5.74) is 0. The third kappa shape index (κ3) is 2.85. The van der Waals surface area contributed by atoms with E-state index in [1.807, 2.05) is 0 Å². The highest BCUT2D eigenvalue weighted by molar-refractivity contribution is 8.20. The van der Waals surface area contributed by atoms with Crippen LogP contribution in [-0.4, -0.2) is 48.3 Å². The highest BCUT2D eigenvalue weighted by Gasteiger charge is 2.16. The highest BCUT2D eigenvalue weighted by Crippen LogP contribution is 2.21. The lowest BCUT2D eigenvalue weighted by Gasteiger charge is -2.26. The molecule has 0 aliphatic carbocycles. The first kappa shape index (κ1) is 8.47. The van der Waals surface area contributed by atoms with Crippen LogP contribution < -0.4 is 0 Å². The predicted octanol–water partition coefficient (Wildman–Crippen LogP) is -0.594. The Morgan fingerprint density at radius 2 is 2.33 bits per heavy atom. The van der Waals surface area contributed by atoms with Crippen LogP contribution in [0.5, 0.6) is 0 Å². The van der Waals surface area contributed by atoms with Gasteiger partial charge in [-0.15, -0.1) is 0 Å². The molecule has 1 heterocycles. The maximum Gasteiger partial charge on any atom is 0.303 e. The summed E-state index contributed by atoms with van der Waals surface area (Å²) in [6.07, 6.45) is 2.63. The molecule has 1 aliphatic rings. The molecule has 1 fully saturated rings. The summed E-state index contributed by atoms with van der Waals surface area (Å²) in [4.78, 5) is 0.658. The number of hydrogen-bond donors (Lipinski definition) is 0. The lowest BCUT2D eigenvalue weighted by Crippen LogP contribution is -2.27. The standard InChI is InChI=1S/C5H9OS.2Al.4H/c7-5-1-3-6-4-2-5;;;;;;/h3,5,7H,1-2,4H2;;;;;;/q;;+1;;;;/p-1. The van der Waals surface area contributed by atoms with E-state index in [1.54, 1.807) is 0 Å². The fourth-order valence-electron chi connectivity index (χ4n) is 1.17. The Labute approximate surface area is 75.8 Å². The van der Waals surface area contributed by atoms with E-state index in [1.165, 1.54) is 44.3 Å². The van der Waals surface area contributed by atoms with Gasteiger partial charge in [0.25, 0.3) is 16.3 Å². The van der Waals surface area contributed by atoms with Gasteiger partial charge in [0, 0.05) is 6.61 Å². The van der Waals surface area contributed by atoms with Gasteiger partial charge in [-0.2, -0.15) is 0 Å². The second kappa shape index (κ2) is 4.29. The van der Waals surface area contributed by atoms with Crippen LogP contribution in [0.2, 0.25) is 0 Å². The SMILES string of the molecule is [AlH2][S]C1CCO[CH]([AlH2])C1. The number of hydrogen-bond acceptors (Lipinski definition) is 2. The molecular formula is C5H12Al2OS. The molecule has 9 heavy (non-hydrogen) atoms. The Hall–Kier alpha value is 1.37. The van der Waals surface area contributed by atoms with E-state index < -0.39 is 0 Å².